The molecule has 0 spiro atoms. The van der Waals surface area contributed by atoms with Crippen molar-refractivity contribution in [3.05, 3.63) is 87.5 Å². The van der Waals surface area contributed by atoms with Crippen molar-refractivity contribution < 1.29 is 17.6 Å². The maximum atomic E-state index is 12.9. The van der Waals surface area contributed by atoms with Gasteiger partial charge in [0.2, 0.25) is 0 Å². The second-order valence-corrected chi connectivity index (χ2v) is 10.2. The Balaban J connectivity index is 1.23. The monoisotopic (exact) mass is 531 g/mol. The molecular formula is C24H19Cl2N3O5S. The molecule has 35 heavy (non-hydrogen) atoms. The minimum Gasteiger partial charge on any atom is -0.494 e. The summed E-state index contributed by atoms with van der Waals surface area (Å²) in [6.07, 6.45) is 2.11. The first-order valence-corrected chi connectivity index (χ1v) is 12.9. The molecule has 0 saturated heterocycles. The molecule has 5 aromatic rings. The van der Waals surface area contributed by atoms with Crippen LogP contribution in [0.1, 0.15) is 6.42 Å². The van der Waals surface area contributed by atoms with Crippen LogP contribution in [0.3, 0.4) is 0 Å². The fourth-order valence-electron chi connectivity index (χ4n) is 3.81. The third-order valence-corrected chi connectivity index (χ3v) is 7.48. The Morgan fingerprint density at radius 2 is 1.77 bits per heavy atom. The van der Waals surface area contributed by atoms with Gasteiger partial charge in [-0.1, -0.05) is 35.3 Å². The third kappa shape index (κ3) is 4.62. The molecule has 8 nitrogen and oxygen atoms in total. The van der Waals surface area contributed by atoms with Crippen LogP contribution in [0.25, 0.3) is 22.0 Å². The van der Waals surface area contributed by atoms with Gasteiger partial charge in [0.25, 0.3) is 10.0 Å². The van der Waals surface area contributed by atoms with Gasteiger partial charge in [-0.25, -0.2) is 13.2 Å². The number of sulfonamides is 1. The summed E-state index contributed by atoms with van der Waals surface area (Å²) in [7, 11) is -3.87. The molecule has 0 aliphatic carbocycles. The molecule has 2 aromatic heterocycles. The standard InChI is InChI=1S/C24H19Cl2N3O5S/c25-17-10-11-19(23-22(17)18(26)14-27-23)28-35(31,32)16-8-6-15(7-9-16)33-13-3-12-29-20-4-1-2-5-21(20)34-24(29)30/h1-2,4-11,14,27-28H,3,12-13H2. The molecule has 0 radical (unpaired) electrons. The molecule has 0 unspecified atom stereocenters. The normalized spacial score (nSPS) is 11.8. The van der Waals surface area contributed by atoms with E-state index >= 15 is 0 Å². The number of oxazole rings is 1. The van der Waals surface area contributed by atoms with Crippen LogP contribution in [-0.2, 0) is 16.6 Å². The molecule has 0 amide bonds. The van der Waals surface area contributed by atoms with Crippen molar-refractivity contribution in [2.45, 2.75) is 17.9 Å². The van der Waals surface area contributed by atoms with E-state index in [1.54, 1.807) is 41.1 Å². The number of rotatable bonds is 8. The molecular weight excluding hydrogens is 513 g/mol. The number of aromatic nitrogens is 2. The molecule has 0 aliphatic heterocycles. The maximum absolute atomic E-state index is 12.9. The van der Waals surface area contributed by atoms with Gasteiger partial charge in [0.05, 0.1) is 38.3 Å². The van der Waals surface area contributed by atoms with Gasteiger partial charge in [-0.05, 0) is 55.0 Å². The zero-order valence-electron chi connectivity index (χ0n) is 18.1. The van der Waals surface area contributed by atoms with Crippen LogP contribution >= 0.6 is 23.2 Å². The van der Waals surface area contributed by atoms with E-state index < -0.39 is 15.8 Å². The average Bonchev–Trinajstić information content (AvgIpc) is 3.39. The highest BCUT2D eigenvalue weighted by Crippen LogP contribution is 2.35. The quantitative estimate of drug-likeness (QED) is 0.251. The number of hydrogen-bond acceptors (Lipinski definition) is 5. The molecule has 5 rings (SSSR count). The molecule has 0 bridgehead atoms. The predicted molar refractivity (Wildman–Crippen MR) is 136 cm³/mol. The van der Waals surface area contributed by atoms with Crippen molar-refractivity contribution >= 4 is 60.9 Å². The smallest absolute Gasteiger partial charge is 0.419 e. The molecule has 0 fully saturated rings. The summed E-state index contributed by atoms with van der Waals surface area (Å²) in [5.74, 6) is 0.103. The summed E-state index contributed by atoms with van der Waals surface area (Å²) in [4.78, 5) is 15.0. The van der Waals surface area contributed by atoms with Gasteiger partial charge in [-0.15, -0.1) is 0 Å². The van der Waals surface area contributed by atoms with E-state index in [2.05, 4.69) is 9.71 Å². The summed E-state index contributed by atoms with van der Waals surface area (Å²) >= 11 is 12.3. The van der Waals surface area contributed by atoms with Crippen molar-refractivity contribution in [3.8, 4) is 5.75 Å². The predicted octanol–water partition coefficient (Wildman–Crippen LogP) is 5.65. The summed E-state index contributed by atoms with van der Waals surface area (Å²) in [6.45, 7) is 0.775. The molecule has 0 aliphatic rings. The lowest BCUT2D eigenvalue weighted by Gasteiger charge is -2.11. The zero-order valence-corrected chi connectivity index (χ0v) is 20.5. The fourth-order valence-corrected chi connectivity index (χ4v) is 5.44. The highest BCUT2D eigenvalue weighted by atomic mass is 35.5. The number of aromatic amines is 1. The molecule has 2 N–H and O–H groups in total. The number of halogens is 2. The first kappa shape index (κ1) is 23.3. The first-order chi connectivity index (χ1) is 16.8. The first-order valence-electron chi connectivity index (χ1n) is 10.6. The lowest BCUT2D eigenvalue weighted by Crippen LogP contribution is -2.16. The van der Waals surface area contributed by atoms with Crippen molar-refractivity contribution in [1.29, 1.82) is 0 Å². The largest absolute Gasteiger partial charge is 0.494 e. The molecule has 11 heteroatoms. The maximum Gasteiger partial charge on any atom is 0.419 e. The number of hydrogen-bond donors (Lipinski definition) is 2. The van der Waals surface area contributed by atoms with E-state index in [1.165, 1.54) is 12.1 Å². The van der Waals surface area contributed by atoms with Gasteiger partial charge in [0.1, 0.15) is 5.75 Å². The number of H-pyrrole nitrogens is 1. The van der Waals surface area contributed by atoms with Crippen LogP contribution in [-0.4, -0.2) is 24.6 Å². The zero-order chi connectivity index (χ0) is 24.6. The van der Waals surface area contributed by atoms with Crippen molar-refractivity contribution in [3.63, 3.8) is 0 Å². The van der Waals surface area contributed by atoms with Crippen molar-refractivity contribution in [1.82, 2.24) is 9.55 Å². The van der Waals surface area contributed by atoms with E-state index in [0.717, 1.165) is 5.52 Å². The van der Waals surface area contributed by atoms with Gasteiger partial charge in [0.15, 0.2) is 5.58 Å². The lowest BCUT2D eigenvalue weighted by atomic mass is 10.2. The van der Waals surface area contributed by atoms with Crippen molar-refractivity contribution in [2.24, 2.45) is 0 Å². The SMILES string of the molecule is O=c1oc2ccccc2n1CCCOc1ccc(S(=O)(=O)Nc2ccc(Cl)c3c(Cl)c[nH]c23)cc1. The minimum absolute atomic E-state index is 0.0713. The number of ether oxygens (including phenoxy) is 1. The van der Waals surface area contributed by atoms with Crippen LogP contribution in [0, 0.1) is 0 Å². The van der Waals surface area contributed by atoms with Gasteiger partial charge in [-0.3, -0.25) is 9.29 Å². The van der Waals surface area contributed by atoms with Gasteiger partial charge in [-0.2, -0.15) is 0 Å². The molecule has 2 heterocycles. The van der Waals surface area contributed by atoms with Crippen LogP contribution in [0.2, 0.25) is 10.0 Å². The number of para-hydroxylation sites is 2. The average molecular weight is 532 g/mol. The number of aryl methyl sites for hydroxylation is 1. The number of nitrogens with one attached hydrogen (secondary N) is 2. The van der Waals surface area contributed by atoms with E-state index in [0.29, 0.717) is 57.5 Å². The van der Waals surface area contributed by atoms with Gasteiger partial charge < -0.3 is 14.1 Å². The Hall–Kier alpha value is -3.40. The van der Waals surface area contributed by atoms with E-state index in [4.69, 9.17) is 32.4 Å². The Labute approximate surface area is 210 Å². The van der Waals surface area contributed by atoms with Crippen LogP contribution in [0.15, 0.2) is 81.0 Å². The number of nitrogens with zero attached hydrogens (tertiary/aromatic N) is 1. The Morgan fingerprint density at radius 1 is 1.00 bits per heavy atom. The number of anilines is 1. The minimum atomic E-state index is -3.87. The summed E-state index contributed by atoms with van der Waals surface area (Å²) in [6, 6.07) is 16.5. The van der Waals surface area contributed by atoms with Gasteiger partial charge in [0, 0.05) is 18.1 Å². The summed E-state index contributed by atoms with van der Waals surface area (Å²) < 4.78 is 40.9. The van der Waals surface area contributed by atoms with E-state index in [-0.39, 0.29) is 4.90 Å². The second kappa shape index (κ2) is 9.33. The lowest BCUT2D eigenvalue weighted by molar-refractivity contribution is 0.300. The van der Waals surface area contributed by atoms with Crippen LogP contribution in [0.4, 0.5) is 5.69 Å². The summed E-state index contributed by atoms with van der Waals surface area (Å²) in [5.41, 5.74) is 2.11. The molecule has 3 aromatic carbocycles. The van der Waals surface area contributed by atoms with E-state index in [9.17, 15) is 13.2 Å². The second-order valence-electron chi connectivity index (χ2n) is 7.75. The van der Waals surface area contributed by atoms with Crippen LogP contribution in [0.5, 0.6) is 5.75 Å². The van der Waals surface area contributed by atoms with Crippen LogP contribution < -0.4 is 15.2 Å². The Morgan fingerprint density at radius 3 is 2.57 bits per heavy atom. The molecule has 0 saturated carbocycles. The topological polar surface area (TPSA) is 106 Å². The molecule has 180 valence electrons. The third-order valence-electron chi connectivity index (χ3n) is 5.48. The number of benzene rings is 3. The Bertz CT molecular complexity index is 1690. The molecule has 0 atom stereocenters. The summed E-state index contributed by atoms with van der Waals surface area (Å²) in [5, 5.41) is 1.36. The van der Waals surface area contributed by atoms with Crippen molar-refractivity contribution in [2.75, 3.05) is 11.3 Å². The Kier molecular flexibility index (Phi) is 6.22. The highest BCUT2D eigenvalue weighted by molar-refractivity contribution is 7.92. The van der Waals surface area contributed by atoms with E-state index in [1.807, 2.05) is 18.2 Å². The number of fused-ring (bicyclic) bond motifs is 2. The highest BCUT2D eigenvalue weighted by Gasteiger charge is 2.18. The van der Waals surface area contributed by atoms with Gasteiger partial charge >= 0.3 is 5.76 Å². The fraction of sp³-hybridized carbons (Fsp3) is 0.125.